The smallest absolute Gasteiger partial charge is 0.260 e. The van der Waals surface area contributed by atoms with Gasteiger partial charge in [-0.1, -0.05) is 12.1 Å². The van der Waals surface area contributed by atoms with E-state index >= 15 is 0 Å². The lowest BCUT2D eigenvalue weighted by Gasteiger charge is -2.34. The topological polar surface area (TPSA) is 64.8 Å². The van der Waals surface area contributed by atoms with Crippen molar-refractivity contribution in [3.63, 3.8) is 0 Å². The zero-order valence-corrected chi connectivity index (χ0v) is 14.7. The third-order valence-corrected chi connectivity index (χ3v) is 4.51. The first kappa shape index (κ1) is 18.3. The Morgan fingerprint density at radius 2 is 2.29 bits per heavy atom. The van der Waals surface area contributed by atoms with Gasteiger partial charge in [-0.2, -0.15) is 0 Å². The molecule has 0 saturated carbocycles. The quantitative estimate of drug-likeness (QED) is 0.779. The van der Waals surface area contributed by atoms with Gasteiger partial charge in [0.05, 0.1) is 7.11 Å². The lowest BCUT2D eigenvalue weighted by atomic mass is 9.92. The summed E-state index contributed by atoms with van der Waals surface area (Å²) in [5.74, 6) is 1.58. The summed E-state index contributed by atoms with van der Waals surface area (Å²) in [5, 5.41) is 0. The second-order valence-electron chi connectivity index (χ2n) is 6.37. The first-order chi connectivity index (χ1) is 11.5. The second kappa shape index (κ2) is 8.73. The number of allylic oxidation sites excluding steroid dienone is 1. The molecule has 24 heavy (non-hydrogen) atoms. The van der Waals surface area contributed by atoms with E-state index in [-0.39, 0.29) is 18.6 Å². The van der Waals surface area contributed by atoms with Crippen molar-refractivity contribution in [1.29, 1.82) is 0 Å². The van der Waals surface area contributed by atoms with E-state index in [4.69, 9.17) is 15.2 Å². The maximum absolute atomic E-state index is 12.4. The van der Waals surface area contributed by atoms with Crippen LogP contribution in [0.2, 0.25) is 0 Å². The van der Waals surface area contributed by atoms with Crippen LogP contribution in [0.1, 0.15) is 25.3 Å². The summed E-state index contributed by atoms with van der Waals surface area (Å²) in [7, 11) is 1.60. The van der Waals surface area contributed by atoms with Crippen molar-refractivity contribution in [2.75, 3.05) is 26.8 Å². The van der Waals surface area contributed by atoms with E-state index in [1.54, 1.807) is 7.11 Å². The van der Waals surface area contributed by atoms with Crippen molar-refractivity contribution < 1.29 is 14.3 Å². The molecule has 1 aliphatic heterocycles. The number of nitrogens with zero attached hydrogens (tertiary/aromatic N) is 1. The molecule has 1 fully saturated rings. The molecule has 0 spiro atoms. The van der Waals surface area contributed by atoms with E-state index in [9.17, 15) is 4.79 Å². The van der Waals surface area contributed by atoms with Crippen LogP contribution in [0.4, 0.5) is 0 Å². The standard InChI is InChI=1S/C19H28N2O3/c1-4-6-15-8-9-17(18(11-15)23-3)24-13-19(22)21-10-5-7-16(12-21)14(2)20/h4,8-9,11,14,16H,1,5-7,10,12-13,20H2,2-3H3. The number of amides is 1. The Morgan fingerprint density at radius 1 is 1.50 bits per heavy atom. The minimum absolute atomic E-state index is 0.00225. The largest absolute Gasteiger partial charge is 0.493 e. The van der Waals surface area contributed by atoms with Crippen molar-refractivity contribution >= 4 is 5.91 Å². The molecule has 132 valence electrons. The van der Waals surface area contributed by atoms with Crippen LogP contribution >= 0.6 is 0 Å². The third-order valence-electron chi connectivity index (χ3n) is 4.51. The van der Waals surface area contributed by atoms with Crippen molar-refractivity contribution in [2.24, 2.45) is 11.7 Å². The lowest BCUT2D eigenvalue weighted by molar-refractivity contribution is -0.135. The van der Waals surface area contributed by atoms with Gasteiger partial charge in [0.1, 0.15) is 0 Å². The summed E-state index contributed by atoms with van der Waals surface area (Å²) < 4.78 is 11.1. The van der Waals surface area contributed by atoms with Crippen molar-refractivity contribution in [1.82, 2.24) is 4.90 Å². The number of ether oxygens (including phenoxy) is 2. The van der Waals surface area contributed by atoms with Crippen LogP contribution in [-0.4, -0.2) is 43.7 Å². The number of hydrogen-bond donors (Lipinski definition) is 1. The number of methoxy groups -OCH3 is 1. The van der Waals surface area contributed by atoms with Crippen LogP contribution in [0.5, 0.6) is 11.5 Å². The summed E-state index contributed by atoms with van der Waals surface area (Å²) in [6, 6.07) is 5.82. The van der Waals surface area contributed by atoms with Crippen molar-refractivity contribution in [3.8, 4) is 11.5 Å². The molecule has 2 atom stereocenters. The molecule has 2 rings (SSSR count). The molecule has 1 amide bonds. The van der Waals surface area contributed by atoms with Gasteiger partial charge in [-0.3, -0.25) is 4.79 Å². The highest BCUT2D eigenvalue weighted by Crippen LogP contribution is 2.28. The molecule has 0 radical (unpaired) electrons. The molecule has 0 aromatic heterocycles. The average molecular weight is 332 g/mol. The molecule has 5 nitrogen and oxygen atoms in total. The Morgan fingerprint density at radius 3 is 2.96 bits per heavy atom. The number of carbonyl (C=O) groups is 1. The number of nitrogens with two attached hydrogens (primary N) is 1. The van der Waals surface area contributed by atoms with Crippen LogP contribution in [0.15, 0.2) is 30.9 Å². The predicted octanol–water partition coefficient (Wildman–Crippen LogP) is 2.39. The molecule has 0 aliphatic carbocycles. The molecular weight excluding hydrogens is 304 g/mol. The van der Waals surface area contributed by atoms with Gasteiger partial charge in [-0.15, -0.1) is 6.58 Å². The Hall–Kier alpha value is -2.01. The van der Waals surface area contributed by atoms with E-state index in [2.05, 4.69) is 6.58 Å². The minimum atomic E-state index is -0.00225. The highest BCUT2D eigenvalue weighted by Gasteiger charge is 2.26. The van der Waals surface area contributed by atoms with E-state index in [0.29, 0.717) is 17.4 Å². The Bertz CT molecular complexity index is 572. The first-order valence-corrected chi connectivity index (χ1v) is 8.49. The van der Waals surface area contributed by atoms with Crippen LogP contribution in [-0.2, 0) is 11.2 Å². The van der Waals surface area contributed by atoms with E-state index in [1.165, 1.54) is 0 Å². The summed E-state index contributed by atoms with van der Waals surface area (Å²) in [6.45, 7) is 7.25. The minimum Gasteiger partial charge on any atom is -0.493 e. The van der Waals surface area contributed by atoms with E-state index in [1.807, 2.05) is 36.1 Å². The van der Waals surface area contributed by atoms with Gasteiger partial charge in [0, 0.05) is 19.1 Å². The van der Waals surface area contributed by atoms with Crippen molar-refractivity contribution in [3.05, 3.63) is 36.4 Å². The van der Waals surface area contributed by atoms with Crippen molar-refractivity contribution in [2.45, 2.75) is 32.2 Å². The SMILES string of the molecule is C=CCc1ccc(OCC(=O)N2CCCC(C(C)N)C2)c(OC)c1. The summed E-state index contributed by atoms with van der Waals surface area (Å²) >= 11 is 0. The van der Waals surface area contributed by atoms with Gasteiger partial charge in [-0.05, 0) is 49.8 Å². The van der Waals surface area contributed by atoms with Crippen LogP contribution < -0.4 is 15.2 Å². The average Bonchev–Trinajstić information content (AvgIpc) is 2.60. The van der Waals surface area contributed by atoms with Gasteiger partial charge in [0.2, 0.25) is 0 Å². The molecule has 1 aromatic rings. The molecular formula is C19H28N2O3. The van der Waals surface area contributed by atoms with Gasteiger partial charge in [0.25, 0.3) is 5.91 Å². The number of carbonyl (C=O) groups excluding carboxylic acids is 1. The number of hydrogen-bond acceptors (Lipinski definition) is 4. The highest BCUT2D eigenvalue weighted by atomic mass is 16.5. The maximum Gasteiger partial charge on any atom is 0.260 e. The molecule has 1 saturated heterocycles. The molecule has 2 unspecified atom stereocenters. The molecule has 5 heteroatoms. The fourth-order valence-electron chi connectivity index (χ4n) is 3.02. The maximum atomic E-state index is 12.4. The number of benzene rings is 1. The Kier molecular flexibility index (Phi) is 6.67. The fourth-order valence-corrected chi connectivity index (χ4v) is 3.02. The van der Waals surface area contributed by atoms with E-state index in [0.717, 1.165) is 37.9 Å². The second-order valence-corrected chi connectivity index (χ2v) is 6.37. The zero-order chi connectivity index (χ0) is 17.5. The van der Waals surface area contributed by atoms with Crippen LogP contribution in [0.25, 0.3) is 0 Å². The third kappa shape index (κ3) is 4.74. The molecule has 1 aliphatic rings. The zero-order valence-electron chi connectivity index (χ0n) is 14.7. The Balaban J connectivity index is 1.94. The number of piperidine rings is 1. The fraction of sp³-hybridized carbons (Fsp3) is 0.526. The molecule has 0 bridgehead atoms. The monoisotopic (exact) mass is 332 g/mol. The molecule has 1 aromatic carbocycles. The Labute approximate surface area is 144 Å². The lowest BCUT2D eigenvalue weighted by Crippen LogP contribution is -2.46. The normalized spacial score (nSPS) is 18.8. The van der Waals surface area contributed by atoms with Gasteiger partial charge < -0.3 is 20.1 Å². The van der Waals surface area contributed by atoms with Crippen LogP contribution in [0.3, 0.4) is 0 Å². The van der Waals surface area contributed by atoms with Gasteiger partial charge in [-0.25, -0.2) is 0 Å². The first-order valence-electron chi connectivity index (χ1n) is 8.49. The van der Waals surface area contributed by atoms with Gasteiger partial charge in [0.15, 0.2) is 18.1 Å². The number of rotatable bonds is 7. The predicted molar refractivity (Wildman–Crippen MR) is 95.3 cm³/mol. The summed E-state index contributed by atoms with van der Waals surface area (Å²) in [4.78, 5) is 14.3. The number of likely N-dealkylation sites (tertiary alicyclic amines) is 1. The molecule has 2 N–H and O–H groups in total. The van der Waals surface area contributed by atoms with Gasteiger partial charge >= 0.3 is 0 Å². The summed E-state index contributed by atoms with van der Waals surface area (Å²) in [6.07, 6.45) is 4.68. The van der Waals surface area contributed by atoms with E-state index < -0.39 is 0 Å². The summed E-state index contributed by atoms with van der Waals surface area (Å²) in [5.41, 5.74) is 7.07. The molecule has 1 heterocycles. The highest BCUT2D eigenvalue weighted by molar-refractivity contribution is 5.78. The van der Waals surface area contributed by atoms with Crippen LogP contribution in [0, 0.1) is 5.92 Å².